The first-order chi connectivity index (χ1) is 9.85. The van der Waals surface area contributed by atoms with Crippen LogP contribution in [0.15, 0.2) is 37.1 Å². The first-order valence-corrected chi connectivity index (χ1v) is 7.17. The average Bonchev–Trinajstić information content (AvgIpc) is 3.02. The van der Waals surface area contributed by atoms with Gasteiger partial charge in [-0.1, -0.05) is 6.92 Å². The number of imidazole rings is 1. The number of pyridine rings is 1. The summed E-state index contributed by atoms with van der Waals surface area (Å²) in [6, 6.07) is 4.55. The Kier molecular flexibility index (Phi) is 3.97. The topological polar surface area (TPSA) is 52.0 Å². The SMILES string of the molecule is CCC1CC(Nc2ccc(-n3ccnc3)nc2)CCO1. The Bertz CT molecular complexity index is 523. The molecule has 5 nitrogen and oxygen atoms in total. The Labute approximate surface area is 119 Å². The van der Waals surface area contributed by atoms with Crippen LogP contribution < -0.4 is 5.32 Å². The van der Waals surface area contributed by atoms with E-state index in [0.29, 0.717) is 12.1 Å². The van der Waals surface area contributed by atoms with Gasteiger partial charge in [-0.2, -0.15) is 0 Å². The minimum atomic E-state index is 0.388. The molecule has 0 saturated carbocycles. The van der Waals surface area contributed by atoms with E-state index >= 15 is 0 Å². The predicted octanol–water partition coefficient (Wildman–Crippen LogP) is 2.64. The van der Waals surface area contributed by atoms with Crippen LogP contribution in [0.3, 0.4) is 0 Å². The number of anilines is 1. The summed E-state index contributed by atoms with van der Waals surface area (Å²) in [6.45, 7) is 3.02. The molecule has 3 heterocycles. The van der Waals surface area contributed by atoms with Crippen LogP contribution in [0.4, 0.5) is 5.69 Å². The summed E-state index contributed by atoms with van der Waals surface area (Å²) in [5.74, 6) is 0.881. The number of nitrogens with one attached hydrogen (secondary N) is 1. The second kappa shape index (κ2) is 6.05. The molecule has 0 aliphatic carbocycles. The number of hydrogen-bond donors (Lipinski definition) is 1. The summed E-state index contributed by atoms with van der Waals surface area (Å²) in [7, 11) is 0. The Morgan fingerprint density at radius 3 is 3.10 bits per heavy atom. The Morgan fingerprint density at radius 2 is 2.40 bits per heavy atom. The summed E-state index contributed by atoms with van der Waals surface area (Å²) < 4.78 is 7.59. The molecule has 2 atom stereocenters. The van der Waals surface area contributed by atoms with Crippen molar-refractivity contribution in [3.63, 3.8) is 0 Å². The molecule has 20 heavy (non-hydrogen) atoms. The number of hydrogen-bond acceptors (Lipinski definition) is 4. The molecule has 0 amide bonds. The fraction of sp³-hybridized carbons (Fsp3) is 0.467. The van der Waals surface area contributed by atoms with E-state index in [-0.39, 0.29) is 0 Å². The standard InChI is InChI=1S/C15H20N4O/c1-2-14-9-12(5-8-20-14)18-13-3-4-15(17-10-13)19-7-6-16-11-19/h3-4,6-7,10-12,14,18H,2,5,8-9H2,1H3. The fourth-order valence-corrected chi connectivity index (χ4v) is 2.55. The van der Waals surface area contributed by atoms with Gasteiger partial charge in [0.05, 0.1) is 18.0 Å². The van der Waals surface area contributed by atoms with Crippen molar-refractivity contribution >= 4 is 5.69 Å². The molecule has 0 aromatic carbocycles. The first-order valence-electron chi connectivity index (χ1n) is 7.17. The molecule has 106 valence electrons. The molecule has 2 aromatic rings. The maximum absolute atomic E-state index is 5.70. The van der Waals surface area contributed by atoms with Gasteiger partial charge in [0.25, 0.3) is 0 Å². The third-order valence-electron chi connectivity index (χ3n) is 3.71. The van der Waals surface area contributed by atoms with Gasteiger partial charge in [0.15, 0.2) is 0 Å². The Balaban J connectivity index is 1.63. The third-order valence-corrected chi connectivity index (χ3v) is 3.71. The van der Waals surface area contributed by atoms with Gasteiger partial charge in [-0.05, 0) is 31.4 Å². The van der Waals surface area contributed by atoms with Crippen molar-refractivity contribution in [1.29, 1.82) is 0 Å². The van der Waals surface area contributed by atoms with Crippen molar-refractivity contribution in [1.82, 2.24) is 14.5 Å². The van der Waals surface area contributed by atoms with Gasteiger partial charge in [-0.15, -0.1) is 0 Å². The second-order valence-electron chi connectivity index (χ2n) is 5.14. The van der Waals surface area contributed by atoms with E-state index in [9.17, 15) is 0 Å². The zero-order valence-corrected chi connectivity index (χ0v) is 11.7. The quantitative estimate of drug-likeness (QED) is 0.929. The molecule has 1 aliphatic rings. The molecule has 1 saturated heterocycles. The van der Waals surface area contributed by atoms with Crippen LogP contribution in [-0.4, -0.2) is 33.3 Å². The summed E-state index contributed by atoms with van der Waals surface area (Å²) in [6.07, 6.45) is 10.9. The van der Waals surface area contributed by atoms with E-state index in [4.69, 9.17) is 4.74 Å². The van der Waals surface area contributed by atoms with E-state index in [2.05, 4.69) is 28.3 Å². The molecule has 1 aliphatic heterocycles. The summed E-state index contributed by atoms with van der Waals surface area (Å²) >= 11 is 0. The number of nitrogens with zero attached hydrogens (tertiary/aromatic N) is 3. The highest BCUT2D eigenvalue weighted by atomic mass is 16.5. The van der Waals surface area contributed by atoms with Gasteiger partial charge in [-0.3, -0.25) is 4.57 Å². The van der Waals surface area contributed by atoms with E-state index in [1.165, 1.54) is 0 Å². The van der Waals surface area contributed by atoms with Crippen molar-refractivity contribution < 1.29 is 4.74 Å². The maximum Gasteiger partial charge on any atom is 0.137 e. The molecule has 5 heteroatoms. The zero-order valence-electron chi connectivity index (χ0n) is 11.7. The van der Waals surface area contributed by atoms with Gasteiger partial charge in [0.1, 0.15) is 12.1 Å². The highest BCUT2D eigenvalue weighted by molar-refractivity contribution is 5.44. The lowest BCUT2D eigenvalue weighted by molar-refractivity contribution is 0.00925. The normalized spacial score (nSPS) is 22.6. The minimum Gasteiger partial charge on any atom is -0.381 e. The van der Waals surface area contributed by atoms with Gasteiger partial charge < -0.3 is 10.1 Å². The molecule has 2 aromatic heterocycles. The maximum atomic E-state index is 5.70. The van der Waals surface area contributed by atoms with Gasteiger partial charge in [0, 0.05) is 25.0 Å². The number of rotatable bonds is 4. The Morgan fingerprint density at radius 1 is 1.45 bits per heavy atom. The average molecular weight is 272 g/mol. The lowest BCUT2D eigenvalue weighted by Gasteiger charge is -2.30. The summed E-state index contributed by atoms with van der Waals surface area (Å²) in [5, 5.41) is 3.55. The predicted molar refractivity (Wildman–Crippen MR) is 78.0 cm³/mol. The molecule has 0 radical (unpaired) electrons. The van der Waals surface area contributed by atoms with Crippen LogP contribution in [0.25, 0.3) is 5.82 Å². The van der Waals surface area contributed by atoms with E-state index < -0.39 is 0 Å². The van der Waals surface area contributed by atoms with Gasteiger partial charge in [-0.25, -0.2) is 9.97 Å². The third kappa shape index (κ3) is 2.99. The van der Waals surface area contributed by atoms with Crippen LogP contribution in [0, 0.1) is 0 Å². The smallest absolute Gasteiger partial charge is 0.137 e. The molecular weight excluding hydrogens is 252 g/mol. The number of aromatic nitrogens is 3. The molecule has 1 N–H and O–H groups in total. The molecule has 2 unspecified atom stereocenters. The second-order valence-corrected chi connectivity index (χ2v) is 5.14. The molecule has 1 fully saturated rings. The monoisotopic (exact) mass is 272 g/mol. The fourth-order valence-electron chi connectivity index (χ4n) is 2.55. The van der Waals surface area contributed by atoms with Crippen LogP contribution in [0.5, 0.6) is 0 Å². The van der Waals surface area contributed by atoms with Crippen molar-refractivity contribution in [3.05, 3.63) is 37.1 Å². The number of ether oxygens (including phenoxy) is 1. The minimum absolute atomic E-state index is 0.388. The first kappa shape index (κ1) is 13.1. The summed E-state index contributed by atoms with van der Waals surface area (Å²) in [4.78, 5) is 8.48. The molecule has 3 rings (SSSR count). The van der Waals surface area contributed by atoms with Crippen molar-refractivity contribution in [2.45, 2.75) is 38.3 Å². The van der Waals surface area contributed by atoms with Crippen LogP contribution in [0.2, 0.25) is 0 Å². The highest BCUT2D eigenvalue weighted by Gasteiger charge is 2.21. The van der Waals surface area contributed by atoms with E-state index in [1.54, 1.807) is 12.5 Å². The largest absolute Gasteiger partial charge is 0.381 e. The molecule has 0 bridgehead atoms. The van der Waals surface area contributed by atoms with Crippen LogP contribution >= 0.6 is 0 Å². The van der Waals surface area contributed by atoms with Crippen LogP contribution in [0.1, 0.15) is 26.2 Å². The molecular formula is C15H20N4O. The van der Waals surface area contributed by atoms with Crippen molar-refractivity contribution in [2.75, 3.05) is 11.9 Å². The zero-order chi connectivity index (χ0) is 13.8. The van der Waals surface area contributed by atoms with E-state index in [1.807, 2.05) is 23.0 Å². The highest BCUT2D eigenvalue weighted by Crippen LogP contribution is 2.20. The summed E-state index contributed by atoms with van der Waals surface area (Å²) in [5.41, 5.74) is 1.07. The van der Waals surface area contributed by atoms with Crippen molar-refractivity contribution in [3.8, 4) is 5.82 Å². The Hall–Kier alpha value is -1.88. The molecule has 0 spiro atoms. The lowest BCUT2D eigenvalue weighted by atomic mass is 10.0. The van der Waals surface area contributed by atoms with Crippen molar-refractivity contribution in [2.24, 2.45) is 0 Å². The van der Waals surface area contributed by atoms with E-state index in [0.717, 1.165) is 37.4 Å². The van der Waals surface area contributed by atoms with Gasteiger partial charge in [0.2, 0.25) is 0 Å². The lowest BCUT2D eigenvalue weighted by Crippen LogP contribution is -2.33. The van der Waals surface area contributed by atoms with Crippen LogP contribution in [-0.2, 0) is 4.74 Å². The van der Waals surface area contributed by atoms with Gasteiger partial charge >= 0.3 is 0 Å².